The number of sulfonamides is 1. The quantitative estimate of drug-likeness (QED) is 0.456. The molecule has 3 aromatic rings. The van der Waals surface area contributed by atoms with Crippen LogP contribution < -0.4 is 19.1 Å². The van der Waals surface area contributed by atoms with Crippen molar-refractivity contribution < 1.29 is 22.7 Å². The van der Waals surface area contributed by atoms with E-state index < -0.39 is 16.1 Å². The maximum atomic E-state index is 13.8. The van der Waals surface area contributed by atoms with Crippen molar-refractivity contribution in [2.75, 3.05) is 24.5 Å². The van der Waals surface area contributed by atoms with Gasteiger partial charge in [0.05, 0.1) is 24.2 Å². The number of carbonyl (C=O) groups is 1. The van der Waals surface area contributed by atoms with E-state index >= 15 is 0 Å². The Labute approximate surface area is 223 Å². The number of halogens is 1. The minimum atomic E-state index is -3.99. The van der Waals surface area contributed by atoms with Crippen molar-refractivity contribution in [1.29, 1.82) is 0 Å². The number of hydrogen-bond donors (Lipinski definition) is 1. The number of carbonyl (C=O) groups excluding carboxylic acids is 1. The van der Waals surface area contributed by atoms with Crippen molar-refractivity contribution in [3.63, 3.8) is 0 Å². The standard InChI is InChI=1S/C28H31ClN2O5S/c1-28(2,3)20-7-14-25-24(17-20)31(37(33,34)23-12-10-22(35-4)11-13-23)18-26(36-25)27(32)30-16-15-19-5-8-21(29)9-6-19/h5-14,17,26H,15-16,18H2,1-4H3,(H,30,32)/t26-/m0/s1. The van der Waals surface area contributed by atoms with Crippen LogP contribution in [-0.4, -0.2) is 40.6 Å². The number of hydrogen-bond acceptors (Lipinski definition) is 5. The monoisotopic (exact) mass is 542 g/mol. The third kappa shape index (κ3) is 6.02. The second-order valence-corrected chi connectivity index (χ2v) is 12.2. The lowest BCUT2D eigenvalue weighted by atomic mass is 9.86. The van der Waals surface area contributed by atoms with E-state index in [1.54, 1.807) is 30.3 Å². The zero-order valence-corrected chi connectivity index (χ0v) is 22.9. The number of rotatable bonds is 7. The molecular formula is C28H31ClN2O5S. The van der Waals surface area contributed by atoms with Crippen molar-refractivity contribution in [1.82, 2.24) is 5.32 Å². The van der Waals surface area contributed by atoms with Crippen molar-refractivity contribution in [2.24, 2.45) is 0 Å². The number of amides is 1. The fraction of sp³-hybridized carbons (Fsp3) is 0.321. The Bertz CT molecular complexity index is 1370. The number of nitrogens with zero attached hydrogens (tertiary/aromatic N) is 1. The van der Waals surface area contributed by atoms with Crippen LogP contribution in [0.4, 0.5) is 5.69 Å². The maximum absolute atomic E-state index is 13.8. The normalized spacial score (nSPS) is 15.5. The second-order valence-electron chi connectivity index (χ2n) is 9.92. The molecule has 0 bridgehead atoms. The van der Waals surface area contributed by atoms with Gasteiger partial charge in [0.1, 0.15) is 11.5 Å². The van der Waals surface area contributed by atoms with Gasteiger partial charge in [-0.05, 0) is 71.5 Å². The summed E-state index contributed by atoms with van der Waals surface area (Å²) in [5.41, 5.74) is 2.18. The SMILES string of the molecule is COc1ccc(S(=O)(=O)N2C[C@@H](C(=O)NCCc3ccc(Cl)cc3)Oc3ccc(C(C)(C)C)cc32)cc1. The Kier molecular flexibility index (Phi) is 7.71. The third-order valence-corrected chi connectivity index (χ3v) is 8.31. The minimum absolute atomic E-state index is 0.101. The Balaban J connectivity index is 1.61. The summed E-state index contributed by atoms with van der Waals surface area (Å²) < 4.78 is 40.0. The van der Waals surface area contributed by atoms with Crippen LogP contribution in [0.2, 0.25) is 5.02 Å². The highest BCUT2D eigenvalue weighted by Gasteiger charge is 2.38. The van der Waals surface area contributed by atoms with E-state index in [0.29, 0.717) is 35.2 Å². The van der Waals surface area contributed by atoms with Gasteiger partial charge >= 0.3 is 0 Å². The van der Waals surface area contributed by atoms with E-state index in [1.165, 1.54) is 23.5 Å². The fourth-order valence-electron chi connectivity index (χ4n) is 4.05. The molecular weight excluding hydrogens is 512 g/mol. The summed E-state index contributed by atoms with van der Waals surface area (Å²) in [6, 6.07) is 19.1. The molecule has 0 saturated heterocycles. The van der Waals surface area contributed by atoms with Gasteiger partial charge in [0.2, 0.25) is 0 Å². The van der Waals surface area contributed by atoms with Gasteiger partial charge in [0.25, 0.3) is 15.9 Å². The zero-order chi connectivity index (χ0) is 26.8. The number of anilines is 1. The molecule has 1 aliphatic heterocycles. The molecule has 7 nitrogen and oxygen atoms in total. The van der Waals surface area contributed by atoms with Gasteiger partial charge in [-0.3, -0.25) is 9.10 Å². The highest BCUT2D eigenvalue weighted by molar-refractivity contribution is 7.92. The summed E-state index contributed by atoms with van der Waals surface area (Å²) >= 11 is 5.94. The molecule has 1 atom stereocenters. The van der Waals surface area contributed by atoms with E-state index in [4.69, 9.17) is 21.1 Å². The predicted molar refractivity (Wildman–Crippen MR) is 145 cm³/mol. The smallest absolute Gasteiger partial charge is 0.264 e. The molecule has 0 aliphatic carbocycles. The zero-order valence-electron chi connectivity index (χ0n) is 21.3. The average Bonchev–Trinajstić information content (AvgIpc) is 2.88. The molecule has 1 amide bonds. The first-order valence-electron chi connectivity index (χ1n) is 12.0. The summed E-state index contributed by atoms with van der Waals surface area (Å²) in [7, 11) is -2.47. The third-order valence-electron chi connectivity index (χ3n) is 6.26. The minimum Gasteiger partial charge on any atom is -0.497 e. The summed E-state index contributed by atoms with van der Waals surface area (Å²) in [5.74, 6) is 0.512. The largest absolute Gasteiger partial charge is 0.497 e. The summed E-state index contributed by atoms with van der Waals surface area (Å²) in [5, 5.41) is 3.52. The molecule has 1 aliphatic rings. The van der Waals surface area contributed by atoms with Crippen LogP contribution in [0.1, 0.15) is 31.9 Å². The maximum Gasteiger partial charge on any atom is 0.264 e. The van der Waals surface area contributed by atoms with Gasteiger partial charge in [-0.25, -0.2) is 8.42 Å². The molecule has 196 valence electrons. The highest BCUT2D eigenvalue weighted by Crippen LogP contribution is 2.40. The molecule has 0 unspecified atom stereocenters. The topological polar surface area (TPSA) is 84.9 Å². The van der Waals surface area contributed by atoms with E-state index in [9.17, 15) is 13.2 Å². The van der Waals surface area contributed by atoms with Crippen molar-refractivity contribution >= 4 is 33.2 Å². The predicted octanol–water partition coefficient (Wildman–Crippen LogP) is 4.96. The van der Waals surface area contributed by atoms with Gasteiger partial charge in [-0.2, -0.15) is 0 Å². The van der Waals surface area contributed by atoms with Gasteiger partial charge in [0.15, 0.2) is 6.10 Å². The Morgan fingerprint density at radius 2 is 1.76 bits per heavy atom. The molecule has 9 heteroatoms. The lowest BCUT2D eigenvalue weighted by Crippen LogP contribution is -2.51. The second kappa shape index (κ2) is 10.6. The van der Waals surface area contributed by atoms with E-state index in [1.807, 2.05) is 24.3 Å². The number of ether oxygens (including phenoxy) is 2. The van der Waals surface area contributed by atoms with Crippen LogP contribution >= 0.6 is 11.6 Å². The van der Waals surface area contributed by atoms with Crippen LogP contribution in [0.15, 0.2) is 71.6 Å². The van der Waals surface area contributed by atoms with Gasteiger partial charge in [-0.15, -0.1) is 0 Å². The molecule has 4 rings (SSSR count). The van der Waals surface area contributed by atoms with Gasteiger partial charge < -0.3 is 14.8 Å². The Hall–Kier alpha value is -3.23. The van der Waals surface area contributed by atoms with Gasteiger partial charge in [-0.1, -0.05) is 50.6 Å². The van der Waals surface area contributed by atoms with E-state index in [2.05, 4.69) is 26.1 Å². The van der Waals surface area contributed by atoms with Crippen molar-refractivity contribution in [3.8, 4) is 11.5 Å². The summed E-state index contributed by atoms with van der Waals surface area (Å²) in [4.78, 5) is 13.2. The van der Waals surface area contributed by atoms with E-state index in [-0.39, 0.29) is 22.8 Å². The number of nitrogens with one attached hydrogen (secondary N) is 1. The number of fused-ring (bicyclic) bond motifs is 1. The van der Waals surface area contributed by atoms with Crippen LogP contribution in [0, 0.1) is 0 Å². The fourth-order valence-corrected chi connectivity index (χ4v) is 5.65. The molecule has 0 fully saturated rings. The molecule has 0 radical (unpaired) electrons. The number of methoxy groups -OCH3 is 1. The molecule has 0 aromatic heterocycles. The number of benzene rings is 3. The molecule has 0 spiro atoms. The first kappa shape index (κ1) is 26.8. The molecule has 3 aromatic carbocycles. The summed E-state index contributed by atoms with van der Waals surface area (Å²) in [6.45, 7) is 6.39. The highest BCUT2D eigenvalue weighted by atomic mass is 35.5. The molecule has 1 heterocycles. The molecule has 0 saturated carbocycles. The van der Waals surface area contributed by atoms with E-state index in [0.717, 1.165) is 11.1 Å². The Morgan fingerprint density at radius 3 is 2.38 bits per heavy atom. The molecule has 37 heavy (non-hydrogen) atoms. The van der Waals surface area contributed by atoms with Crippen LogP contribution in [0.25, 0.3) is 0 Å². The summed E-state index contributed by atoms with van der Waals surface area (Å²) in [6.07, 6.45) is -0.402. The van der Waals surface area contributed by atoms with Gasteiger partial charge in [0, 0.05) is 11.6 Å². The Morgan fingerprint density at radius 1 is 1.08 bits per heavy atom. The first-order chi connectivity index (χ1) is 17.5. The lowest BCUT2D eigenvalue weighted by Gasteiger charge is -2.36. The first-order valence-corrected chi connectivity index (χ1v) is 13.8. The van der Waals surface area contributed by atoms with Crippen molar-refractivity contribution in [3.05, 3.63) is 82.9 Å². The van der Waals surface area contributed by atoms with Crippen LogP contribution in [0.3, 0.4) is 0 Å². The van der Waals surface area contributed by atoms with Crippen LogP contribution in [-0.2, 0) is 26.7 Å². The lowest BCUT2D eigenvalue weighted by molar-refractivity contribution is -0.127. The van der Waals surface area contributed by atoms with Crippen LogP contribution in [0.5, 0.6) is 11.5 Å². The average molecular weight is 543 g/mol. The van der Waals surface area contributed by atoms with Crippen molar-refractivity contribution in [2.45, 2.75) is 43.6 Å². The molecule has 1 N–H and O–H groups in total.